The fourth-order valence-corrected chi connectivity index (χ4v) is 1.41. The van der Waals surface area contributed by atoms with Crippen LogP contribution in [0.2, 0.25) is 0 Å². The molecule has 0 amide bonds. The molecule has 1 heterocycles. The maximum Gasteiger partial charge on any atom is 0.202 e. The molecule has 0 unspecified atom stereocenters. The van der Waals surface area contributed by atoms with Crippen LogP contribution >= 0.6 is 0 Å². The molecule has 0 aliphatic rings. The molecule has 4 heteroatoms. The number of nitrogens with two attached hydrogens (primary N) is 1. The van der Waals surface area contributed by atoms with Crippen LogP contribution in [-0.2, 0) is 5.41 Å². The summed E-state index contributed by atoms with van der Waals surface area (Å²) in [6.45, 7) is 4.51. The topological polar surface area (TPSA) is 61.3 Å². The molecule has 0 spiro atoms. The van der Waals surface area contributed by atoms with Gasteiger partial charge in [0.05, 0.1) is 12.5 Å². The smallest absolute Gasteiger partial charge is 0.202 e. The lowest BCUT2D eigenvalue weighted by atomic mass is 9.94. The van der Waals surface area contributed by atoms with E-state index in [4.69, 9.17) is 14.9 Å². The van der Waals surface area contributed by atoms with E-state index in [1.807, 2.05) is 32.0 Å². The summed E-state index contributed by atoms with van der Waals surface area (Å²) in [5.74, 6) is 1.44. The molecule has 4 nitrogen and oxygen atoms in total. The van der Waals surface area contributed by atoms with E-state index in [-0.39, 0.29) is 5.41 Å². The van der Waals surface area contributed by atoms with Crippen molar-refractivity contribution in [2.45, 2.75) is 19.3 Å². The molecule has 0 saturated heterocycles. The van der Waals surface area contributed by atoms with E-state index in [2.05, 4.69) is 4.98 Å². The molecular weight excluding hydrogens is 204 g/mol. The first-order valence-electron chi connectivity index (χ1n) is 5.22. The number of methoxy groups -OCH3 is 1. The number of aromatic nitrogens is 1. The van der Waals surface area contributed by atoms with Gasteiger partial charge in [-0.1, -0.05) is 0 Å². The molecule has 2 rings (SSSR count). The zero-order valence-electron chi connectivity index (χ0n) is 9.78. The molecule has 1 aromatic carbocycles. The number of rotatable bonds is 3. The molecule has 0 fully saturated rings. The van der Waals surface area contributed by atoms with Crippen LogP contribution in [0, 0.1) is 0 Å². The van der Waals surface area contributed by atoms with E-state index in [1.165, 1.54) is 0 Å². The lowest BCUT2D eigenvalue weighted by Crippen LogP contribution is -2.28. The van der Waals surface area contributed by atoms with Gasteiger partial charge in [0.1, 0.15) is 11.3 Å². The molecule has 16 heavy (non-hydrogen) atoms. The highest BCUT2D eigenvalue weighted by atomic mass is 16.5. The molecule has 2 aromatic rings. The number of nitrogens with zero attached hydrogens (tertiary/aromatic N) is 1. The van der Waals surface area contributed by atoms with Gasteiger partial charge in [0.15, 0.2) is 5.58 Å². The van der Waals surface area contributed by atoms with Crippen molar-refractivity contribution >= 4 is 11.1 Å². The molecule has 0 bridgehead atoms. The van der Waals surface area contributed by atoms with E-state index >= 15 is 0 Å². The Morgan fingerprint density at radius 3 is 2.81 bits per heavy atom. The Morgan fingerprint density at radius 2 is 2.19 bits per heavy atom. The number of hydrogen-bond acceptors (Lipinski definition) is 4. The first kappa shape index (κ1) is 11.0. The van der Waals surface area contributed by atoms with Crippen LogP contribution in [0.15, 0.2) is 22.6 Å². The van der Waals surface area contributed by atoms with Crippen LogP contribution in [0.5, 0.6) is 5.75 Å². The first-order valence-corrected chi connectivity index (χ1v) is 5.22. The second kappa shape index (κ2) is 3.79. The van der Waals surface area contributed by atoms with Gasteiger partial charge in [0.2, 0.25) is 5.89 Å². The molecular formula is C12H16N2O2. The molecule has 0 atom stereocenters. The standard InChI is InChI=1S/C12H16N2O2/c1-12(2,7-13)11-14-9-6-8(15-3)4-5-10(9)16-11/h4-6H,7,13H2,1-3H3. The third kappa shape index (κ3) is 1.76. The number of benzene rings is 1. The third-order valence-electron chi connectivity index (χ3n) is 2.68. The van der Waals surface area contributed by atoms with Gasteiger partial charge < -0.3 is 14.9 Å². The predicted molar refractivity (Wildman–Crippen MR) is 62.6 cm³/mol. The van der Waals surface area contributed by atoms with Gasteiger partial charge in [-0.15, -0.1) is 0 Å². The van der Waals surface area contributed by atoms with Gasteiger partial charge in [-0.2, -0.15) is 0 Å². The minimum absolute atomic E-state index is 0.244. The number of ether oxygens (including phenoxy) is 1. The summed E-state index contributed by atoms with van der Waals surface area (Å²) in [4.78, 5) is 4.44. The summed E-state index contributed by atoms with van der Waals surface area (Å²) in [5, 5.41) is 0. The fraction of sp³-hybridized carbons (Fsp3) is 0.417. The highest BCUT2D eigenvalue weighted by Gasteiger charge is 2.25. The molecule has 0 radical (unpaired) electrons. The Labute approximate surface area is 94.4 Å². The van der Waals surface area contributed by atoms with E-state index < -0.39 is 0 Å². The zero-order valence-corrected chi connectivity index (χ0v) is 9.78. The summed E-state index contributed by atoms with van der Waals surface area (Å²) >= 11 is 0. The van der Waals surface area contributed by atoms with Crippen molar-refractivity contribution in [1.29, 1.82) is 0 Å². The quantitative estimate of drug-likeness (QED) is 0.860. The maximum atomic E-state index is 5.69. The van der Waals surface area contributed by atoms with E-state index in [0.29, 0.717) is 12.4 Å². The Balaban J connectivity index is 2.52. The average molecular weight is 220 g/mol. The van der Waals surface area contributed by atoms with Crippen molar-refractivity contribution in [3.05, 3.63) is 24.1 Å². The number of fused-ring (bicyclic) bond motifs is 1. The van der Waals surface area contributed by atoms with E-state index in [9.17, 15) is 0 Å². The lowest BCUT2D eigenvalue weighted by molar-refractivity contribution is 0.391. The van der Waals surface area contributed by atoms with Crippen LogP contribution in [0.3, 0.4) is 0 Å². The van der Waals surface area contributed by atoms with Crippen LogP contribution in [-0.4, -0.2) is 18.6 Å². The molecule has 0 saturated carbocycles. The van der Waals surface area contributed by atoms with Gasteiger partial charge in [0.25, 0.3) is 0 Å². The molecule has 1 aromatic heterocycles. The molecule has 86 valence electrons. The van der Waals surface area contributed by atoms with Crippen molar-refractivity contribution in [2.24, 2.45) is 5.73 Å². The van der Waals surface area contributed by atoms with Gasteiger partial charge >= 0.3 is 0 Å². The Bertz CT molecular complexity index is 503. The van der Waals surface area contributed by atoms with Crippen LogP contribution in [0.1, 0.15) is 19.7 Å². The second-order valence-electron chi connectivity index (χ2n) is 4.44. The minimum Gasteiger partial charge on any atom is -0.497 e. The van der Waals surface area contributed by atoms with Crippen LogP contribution in [0.25, 0.3) is 11.1 Å². The fourth-order valence-electron chi connectivity index (χ4n) is 1.41. The van der Waals surface area contributed by atoms with Crippen molar-refractivity contribution in [1.82, 2.24) is 4.98 Å². The largest absolute Gasteiger partial charge is 0.497 e. The van der Waals surface area contributed by atoms with Gasteiger partial charge in [0, 0.05) is 12.6 Å². The summed E-state index contributed by atoms with van der Waals surface area (Å²) in [7, 11) is 1.63. The highest BCUT2D eigenvalue weighted by Crippen LogP contribution is 2.27. The monoisotopic (exact) mass is 220 g/mol. The van der Waals surface area contributed by atoms with Gasteiger partial charge in [-0.25, -0.2) is 4.98 Å². The summed E-state index contributed by atoms with van der Waals surface area (Å²) in [5.41, 5.74) is 7.01. The zero-order chi connectivity index (χ0) is 11.8. The number of hydrogen-bond donors (Lipinski definition) is 1. The van der Waals surface area contributed by atoms with Crippen molar-refractivity contribution in [3.63, 3.8) is 0 Å². The SMILES string of the molecule is COc1ccc2oc(C(C)(C)CN)nc2c1. The van der Waals surface area contributed by atoms with E-state index in [0.717, 1.165) is 16.8 Å². The van der Waals surface area contributed by atoms with Gasteiger partial charge in [-0.3, -0.25) is 0 Å². The lowest BCUT2D eigenvalue weighted by Gasteiger charge is -2.16. The van der Waals surface area contributed by atoms with Crippen molar-refractivity contribution < 1.29 is 9.15 Å². The molecule has 2 N–H and O–H groups in total. The molecule has 0 aliphatic heterocycles. The van der Waals surface area contributed by atoms with E-state index in [1.54, 1.807) is 7.11 Å². The van der Waals surface area contributed by atoms with Crippen molar-refractivity contribution in [3.8, 4) is 5.75 Å². The molecule has 0 aliphatic carbocycles. The Hall–Kier alpha value is -1.55. The Kier molecular flexibility index (Phi) is 2.59. The normalized spacial score (nSPS) is 12.0. The third-order valence-corrected chi connectivity index (χ3v) is 2.68. The number of oxazole rings is 1. The predicted octanol–water partition coefficient (Wildman–Crippen LogP) is 2.07. The second-order valence-corrected chi connectivity index (χ2v) is 4.44. The first-order chi connectivity index (χ1) is 7.56. The average Bonchev–Trinajstić information content (AvgIpc) is 2.72. The van der Waals surface area contributed by atoms with Crippen molar-refractivity contribution in [2.75, 3.05) is 13.7 Å². The Morgan fingerprint density at radius 1 is 1.44 bits per heavy atom. The van der Waals surface area contributed by atoms with Crippen LogP contribution in [0.4, 0.5) is 0 Å². The minimum atomic E-state index is -0.244. The summed E-state index contributed by atoms with van der Waals surface area (Å²) in [6, 6.07) is 5.57. The summed E-state index contributed by atoms with van der Waals surface area (Å²) in [6.07, 6.45) is 0. The van der Waals surface area contributed by atoms with Gasteiger partial charge in [-0.05, 0) is 26.0 Å². The maximum absolute atomic E-state index is 5.69. The summed E-state index contributed by atoms with van der Waals surface area (Å²) < 4.78 is 10.8. The van der Waals surface area contributed by atoms with Crippen LogP contribution < -0.4 is 10.5 Å². The highest BCUT2D eigenvalue weighted by molar-refractivity contribution is 5.74.